The molecule has 2 aromatic carbocycles. The first-order valence-electron chi connectivity index (χ1n) is 8.64. The van der Waals surface area contributed by atoms with Crippen LogP contribution in [0.5, 0.6) is 0 Å². The van der Waals surface area contributed by atoms with Crippen LogP contribution in [0.3, 0.4) is 0 Å². The molecule has 124 valence electrons. The molecule has 0 bridgehead atoms. The zero-order valence-electron chi connectivity index (χ0n) is 14.0. The highest BCUT2D eigenvalue weighted by Gasteiger charge is 2.23. The second-order valence-electron chi connectivity index (χ2n) is 6.71. The van der Waals surface area contributed by atoms with Crippen molar-refractivity contribution in [1.29, 1.82) is 0 Å². The van der Waals surface area contributed by atoms with Gasteiger partial charge in [0.05, 0.1) is 23.7 Å². The summed E-state index contributed by atoms with van der Waals surface area (Å²) in [7, 11) is 0. The maximum absolute atomic E-state index is 10.0. The zero-order chi connectivity index (χ0) is 16.5. The van der Waals surface area contributed by atoms with Gasteiger partial charge in [-0.3, -0.25) is 0 Å². The summed E-state index contributed by atoms with van der Waals surface area (Å²) in [6.07, 6.45) is 1.63. The lowest BCUT2D eigenvalue weighted by Gasteiger charge is -2.31. The Labute approximate surface area is 142 Å². The fourth-order valence-corrected chi connectivity index (χ4v) is 3.47. The minimum absolute atomic E-state index is 0.258. The van der Waals surface area contributed by atoms with Gasteiger partial charge >= 0.3 is 0 Å². The van der Waals surface area contributed by atoms with Crippen molar-refractivity contribution < 1.29 is 5.11 Å². The number of fused-ring (bicyclic) bond motifs is 1. The minimum Gasteiger partial charge on any atom is -0.391 e. The van der Waals surface area contributed by atoms with Crippen LogP contribution in [0.4, 0.5) is 5.95 Å². The minimum atomic E-state index is -0.258. The Kier molecular flexibility index (Phi) is 3.98. The van der Waals surface area contributed by atoms with Gasteiger partial charge in [0.15, 0.2) is 0 Å². The highest BCUT2D eigenvalue weighted by Crippen LogP contribution is 2.26. The fraction of sp³-hybridized carbons (Fsp3) is 0.350. The molecular formula is C20H23N3O. The number of piperidine rings is 1. The zero-order valence-corrected chi connectivity index (χ0v) is 14.0. The Morgan fingerprint density at radius 2 is 1.92 bits per heavy atom. The first-order chi connectivity index (χ1) is 11.7. The number of aromatic nitrogens is 2. The Morgan fingerprint density at radius 3 is 2.71 bits per heavy atom. The largest absolute Gasteiger partial charge is 0.391 e. The molecule has 24 heavy (non-hydrogen) atoms. The quantitative estimate of drug-likeness (QED) is 0.804. The fourth-order valence-electron chi connectivity index (χ4n) is 3.47. The maximum Gasteiger partial charge on any atom is 0.206 e. The van der Waals surface area contributed by atoms with Crippen molar-refractivity contribution in [2.45, 2.75) is 32.4 Å². The molecule has 1 fully saturated rings. The van der Waals surface area contributed by atoms with Gasteiger partial charge in [0.1, 0.15) is 0 Å². The van der Waals surface area contributed by atoms with E-state index in [4.69, 9.17) is 4.98 Å². The smallest absolute Gasteiger partial charge is 0.206 e. The first kappa shape index (κ1) is 15.2. The molecule has 0 amide bonds. The molecule has 4 heteroatoms. The molecular weight excluding hydrogens is 298 g/mol. The van der Waals surface area contributed by atoms with Crippen LogP contribution in [0.2, 0.25) is 0 Å². The highest BCUT2D eigenvalue weighted by atomic mass is 16.3. The van der Waals surface area contributed by atoms with Gasteiger partial charge in [0, 0.05) is 13.1 Å². The van der Waals surface area contributed by atoms with Gasteiger partial charge in [0.2, 0.25) is 5.95 Å². The summed E-state index contributed by atoms with van der Waals surface area (Å²) >= 11 is 0. The summed E-state index contributed by atoms with van der Waals surface area (Å²) < 4.78 is 2.28. The second-order valence-corrected chi connectivity index (χ2v) is 6.71. The van der Waals surface area contributed by atoms with Gasteiger partial charge in [-0.15, -0.1) is 0 Å². The predicted molar refractivity (Wildman–Crippen MR) is 97.5 cm³/mol. The summed E-state index contributed by atoms with van der Waals surface area (Å²) in [4.78, 5) is 7.09. The predicted octanol–water partition coefficient (Wildman–Crippen LogP) is 3.35. The van der Waals surface area contributed by atoms with Gasteiger partial charge in [-0.1, -0.05) is 42.0 Å². The van der Waals surface area contributed by atoms with Crippen molar-refractivity contribution in [3.63, 3.8) is 0 Å². The molecule has 1 N–H and O–H groups in total. The van der Waals surface area contributed by atoms with E-state index in [9.17, 15) is 5.11 Å². The third-order valence-corrected chi connectivity index (χ3v) is 4.78. The normalized spacial score (nSPS) is 18.2. The standard InChI is InChI=1S/C20H23N3O/c1-15-8-10-16(11-9-15)13-23-19-7-3-2-6-18(19)21-20(23)22-12-4-5-17(24)14-22/h2-3,6-11,17,24H,4-5,12-14H2,1H3. The van der Waals surface area contributed by atoms with E-state index in [1.165, 1.54) is 11.1 Å². The molecule has 1 atom stereocenters. The number of β-amino-alcohol motifs (C(OH)–C–C–N with tert-alkyl or cyclic N) is 1. The summed E-state index contributed by atoms with van der Waals surface area (Å²) in [6, 6.07) is 16.9. The van der Waals surface area contributed by atoms with Crippen LogP contribution in [0.25, 0.3) is 11.0 Å². The number of aryl methyl sites for hydroxylation is 1. The monoisotopic (exact) mass is 321 g/mol. The molecule has 4 rings (SSSR count). The number of hydrogen-bond donors (Lipinski definition) is 1. The number of imidazole rings is 1. The van der Waals surface area contributed by atoms with Crippen LogP contribution < -0.4 is 4.90 Å². The van der Waals surface area contributed by atoms with E-state index < -0.39 is 0 Å². The SMILES string of the molecule is Cc1ccc(Cn2c(N3CCCC(O)C3)nc3ccccc32)cc1. The molecule has 0 saturated carbocycles. The molecule has 4 nitrogen and oxygen atoms in total. The Balaban J connectivity index is 1.76. The number of benzene rings is 2. The van der Waals surface area contributed by atoms with Gasteiger partial charge in [0.25, 0.3) is 0 Å². The number of rotatable bonds is 3. The molecule has 1 unspecified atom stereocenters. The van der Waals surface area contributed by atoms with Crippen molar-refractivity contribution in [2.75, 3.05) is 18.0 Å². The summed E-state index contributed by atoms with van der Waals surface area (Å²) in [5.74, 6) is 0.968. The molecule has 1 aromatic heterocycles. The number of anilines is 1. The van der Waals surface area contributed by atoms with Crippen molar-refractivity contribution in [3.05, 3.63) is 59.7 Å². The van der Waals surface area contributed by atoms with Crippen LogP contribution in [-0.2, 0) is 6.54 Å². The summed E-state index contributed by atoms with van der Waals surface area (Å²) in [5.41, 5.74) is 4.70. The van der Waals surface area contributed by atoms with E-state index in [0.29, 0.717) is 6.54 Å². The van der Waals surface area contributed by atoms with Crippen molar-refractivity contribution in [3.8, 4) is 0 Å². The highest BCUT2D eigenvalue weighted by molar-refractivity contribution is 5.79. The van der Waals surface area contributed by atoms with Crippen LogP contribution in [-0.4, -0.2) is 33.9 Å². The van der Waals surface area contributed by atoms with E-state index >= 15 is 0 Å². The van der Waals surface area contributed by atoms with E-state index in [1.54, 1.807) is 0 Å². The second kappa shape index (κ2) is 6.29. The van der Waals surface area contributed by atoms with Crippen LogP contribution in [0.15, 0.2) is 48.5 Å². The van der Waals surface area contributed by atoms with Gasteiger partial charge in [-0.05, 0) is 37.5 Å². The van der Waals surface area contributed by atoms with Crippen molar-refractivity contribution in [1.82, 2.24) is 9.55 Å². The van der Waals surface area contributed by atoms with E-state index in [0.717, 1.165) is 42.9 Å². The number of para-hydroxylation sites is 2. The lowest BCUT2D eigenvalue weighted by Crippen LogP contribution is -2.39. The third-order valence-electron chi connectivity index (χ3n) is 4.78. The molecule has 3 aromatic rings. The van der Waals surface area contributed by atoms with Crippen LogP contribution >= 0.6 is 0 Å². The topological polar surface area (TPSA) is 41.3 Å². The molecule has 1 aliphatic rings. The number of hydrogen-bond acceptors (Lipinski definition) is 3. The van der Waals surface area contributed by atoms with E-state index in [1.807, 2.05) is 6.07 Å². The average Bonchev–Trinajstić information content (AvgIpc) is 2.96. The summed E-state index contributed by atoms with van der Waals surface area (Å²) in [5, 5.41) is 10.0. The molecule has 1 saturated heterocycles. The first-order valence-corrected chi connectivity index (χ1v) is 8.64. The van der Waals surface area contributed by atoms with E-state index in [-0.39, 0.29) is 6.10 Å². The maximum atomic E-state index is 10.0. The van der Waals surface area contributed by atoms with Crippen molar-refractivity contribution >= 4 is 17.0 Å². The lowest BCUT2D eigenvalue weighted by atomic mass is 10.1. The van der Waals surface area contributed by atoms with Gasteiger partial charge in [-0.25, -0.2) is 4.98 Å². The Hall–Kier alpha value is -2.33. The summed E-state index contributed by atoms with van der Waals surface area (Å²) in [6.45, 7) is 4.52. The van der Waals surface area contributed by atoms with Gasteiger partial charge < -0.3 is 14.6 Å². The average molecular weight is 321 g/mol. The Morgan fingerprint density at radius 1 is 1.12 bits per heavy atom. The van der Waals surface area contributed by atoms with Crippen LogP contribution in [0.1, 0.15) is 24.0 Å². The molecule has 1 aliphatic heterocycles. The molecule has 0 radical (unpaired) electrons. The Bertz CT molecular complexity index is 838. The molecule has 0 aliphatic carbocycles. The van der Waals surface area contributed by atoms with Crippen molar-refractivity contribution in [2.24, 2.45) is 0 Å². The third kappa shape index (κ3) is 2.89. The molecule has 0 spiro atoms. The number of aliphatic hydroxyl groups excluding tert-OH is 1. The number of nitrogens with zero attached hydrogens (tertiary/aromatic N) is 3. The van der Waals surface area contributed by atoms with Gasteiger partial charge in [-0.2, -0.15) is 0 Å². The number of aliphatic hydroxyl groups is 1. The van der Waals surface area contributed by atoms with Crippen LogP contribution in [0, 0.1) is 6.92 Å². The molecule has 2 heterocycles. The lowest BCUT2D eigenvalue weighted by molar-refractivity contribution is 0.153. The van der Waals surface area contributed by atoms with E-state index in [2.05, 4.69) is 58.9 Å².